The standard InChI is InChI=1S/C7H16NO2.C3H7NO/c1-7(9)10-6-5-8(2,3)4;1-2-3(4)5/h5-6H2,1-4H3;2H2,1H3,(H2,4,5)/q+1;. The highest BCUT2D eigenvalue weighted by molar-refractivity contribution is 5.73. The molecule has 2 N–H and O–H groups in total. The van der Waals surface area contributed by atoms with Gasteiger partial charge in [-0.25, -0.2) is 0 Å². The molecule has 0 aromatic rings. The number of nitrogens with zero attached hydrogens (tertiary/aromatic N) is 1. The van der Waals surface area contributed by atoms with Crippen LogP contribution in [0.4, 0.5) is 0 Å². The van der Waals surface area contributed by atoms with Crippen molar-refractivity contribution in [3.63, 3.8) is 0 Å². The van der Waals surface area contributed by atoms with E-state index in [0.29, 0.717) is 13.0 Å². The van der Waals surface area contributed by atoms with E-state index >= 15 is 0 Å². The third-order valence-electron chi connectivity index (χ3n) is 1.42. The van der Waals surface area contributed by atoms with Crippen molar-refractivity contribution in [1.82, 2.24) is 0 Å². The van der Waals surface area contributed by atoms with Crippen molar-refractivity contribution in [2.45, 2.75) is 20.3 Å². The number of hydrogen-bond donors (Lipinski definition) is 1. The zero-order valence-corrected chi connectivity index (χ0v) is 10.4. The van der Waals surface area contributed by atoms with Crippen molar-refractivity contribution in [2.75, 3.05) is 34.3 Å². The summed E-state index contributed by atoms with van der Waals surface area (Å²) in [5, 5.41) is 0. The Labute approximate surface area is 91.8 Å². The number of primary amides is 1. The summed E-state index contributed by atoms with van der Waals surface area (Å²) < 4.78 is 5.59. The molecular weight excluding hydrogens is 196 g/mol. The maximum Gasteiger partial charge on any atom is 0.302 e. The fraction of sp³-hybridized carbons (Fsp3) is 0.800. The number of hydrogen-bond acceptors (Lipinski definition) is 3. The number of esters is 1. The minimum atomic E-state index is -0.245. The molecule has 0 radical (unpaired) electrons. The van der Waals surface area contributed by atoms with Crippen molar-refractivity contribution in [1.29, 1.82) is 0 Å². The molecule has 90 valence electrons. The number of likely N-dealkylation sites (N-methyl/N-ethyl adjacent to an activating group) is 1. The summed E-state index contributed by atoms with van der Waals surface area (Å²) >= 11 is 0. The van der Waals surface area contributed by atoms with Crippen LogP contribution in [0.15, 0.2) is 0 Å². The van der Waals surface area contributed by atoms with Crippen LogP contribution in [0.25, 0.3) is 0 Å². The monoisotopic (exact) mass is 219 g/mol. The van der Waals surface area contributed by atoms with Gasteiger partial charge in [0.15, 0.2) is 0 Å². The van der Waals surface area contributed by atoms with Gasteiger partial charge in [0, 0.05) is 13.3 Å². The molecule has 0 atom stereocenters. The normalized spacial score (nSPS) is 9.93. The Kier molecular flexibility index (Phi) is 8.96. The van der Waals surface area contributed by atoms with Gasteiger partial charge in [-0.15, -0.1) is 0 Å². The van der Waals surface area contributed by atoms with Crippen molar-refractivity contribution in [3.8, 4) is 0 Å². The Morgan fingerprint density at radius 3 is 1.87 bits per heavy atom. The topological polar surface area (TPSA) is 69.4 Å². The largest absolute Gasteiger partial charge is 0.460 e. The van der Waals surface area contributed by atoms with E-state index < -0.39 is 0 Å². The fourth-order valence-electron chi connectivity index (χ4n) is 0.463. The van der Waals surface area contributed by atoms with Gasteiger partial charge in [-0.1, -0.05) is 6.92 Å². The summed E-state index contributed by atoms with van der Waals surface area (Å²) in [7, 11) is 6.18. The van der Waals surface area contributed by atoms with Gasteiger partial charge in [-0.05, 0) is 0 Å². The number of carbonyl (C=O) groups excluding carboxylic acids is 2. The van der Waals surface area contributed by atoms with E-state index in [2.05, 4.69) is 26.9 Å². The average Bonchev–Trinajstić information content (AvgIpc) is 2.02. The van der Waals surface area contributed by atoms with Gasteiger partial charge in [0.25, 0.3) is 0 Å². The first-order chi connectivity index (χ1) is 6.69. The molecule has 0 bridgehead atoms. The summed E-state index contributed by atoms with van der Waals surface area (Å²) in [5.41, 5.74) is 4.65. The molecule has 0 fully saturated rings. The maximum absolute atomic E-state index is 10.3. The minimum absolute atomic E-state index is 0.201. The number of ether oxygens (including phenoxy) is 1. The predicted octanol–water partition coefficient (Wildman–Crippen LogP) is 0.137. The second kappa shape index (κ2) is 8.23. The summed E-state index contributed by atoms with van der Waals surface area (Å²) in [5.74, 6) is -0.446. The molecule has 0 aliphatic heterocycles. The zero-order valence-electron chi connectivity index (χ0n) is 10.4. The van der Waals surface area contributed by atoms with Crippen LogP contribution < -0.4 is 5.73 Å². The van der Waals surface area contributed by atoms with E-state index in [9.17, 15) is 9.59 Å². The van der Waals surface area contributed by atoms with Crippen molar-refractivity contribution in [2.24, 2.45) is 5.73 Å². The maximum atomic E-state index is 10.3. The Hall–Kier alpha value is -1.10. The quantitative estimate of drug-likeness (QED) is 0.540. The molecule has 0 saturated heterocycles. The summed E-state index contributed by atoms with van der Waals surface area (Å²) in [6.07, 6.45) is 0.444. The SMILES string of the molecule is CC(=O)OCC[N+](C)(C)C.CCC(N)=O. The van der Waals surface area contributed by atoms with Crippen LogP contribution in [0.2, 0.25) is 0 Å². The van der Waals surface area contributed by atoms with Gasteiger partial charge in [0.1, 0.15) is 13.2 Å². The summed E-state index contributed by atoms with van der Waals surface area (Å²) in [6, 6.07) is 0. The molecule has 5 heteroatoms. The lowest BCUT2D eigenvalue weighted by molar-refractivity contribution is -0.870. The van der Waals surface area contributed by atoms with Crippen LogP contribution in [0.5, 0.6) is 0 Å². The van der Waals surface area contributed by atoms with E-state index in [-0.39, 0.29) is 11.9 Å². The van der Waals surface area contributed by atoms with E-state index in [1.807, 2.05) is 0 Å². The Balaban J connectivity index is 0. The Bertz CT molecular complexity index is 197. The molecule has 0 rings (SSSR count). The van der Waals surface area contributed by atoms with E-state index in [1.54, 1.807) is 6.92 Å². The predicted molar refractivity (Wildman–Crippen MR) is 59.0 cm³/mol. The molecule has 0 unspecified atom stereocenters. The lowest BCUT2D eigenvalue weighted by Gasteiger charge is -2.23. The molecule has 0 aliphatic rings. The second-order valence-electron chi connectivity index (χ2n) is 4.17. The highest BCUT2D eigenvalue weighted by atomic mass is 16.5. The second-order valence-corrected chi connectivity index (χ2v) is 4.17. The van der Waals surface area contributed by atoms with Gasteiger partial charge in [0.05, 0.1) is 21.1 Å². The summed E-state index contributed by atoms with van der Waals surface area (Å²) in [4.78, 5) is 19.9. The van der Waals surface area contributed by atoms with E-state index in [4.69, 9.17) is 4.74 Å². The van der Waals surface area contributed by atoms with Crippen LogP contribution in [0.3, 0.4) is 0 Å². The van der Waals surface area contributed by atoms with E-state index in [0.717, 1.165) is 11.0 Å². The number of quaternary nitrogens is 1. The van der Waals surface area contributed by atoms with Gasteiger partial charge >= 0.3 is 5.97 Å². The first kappa shape index (κ1) is 16.3. The molecule has 0 aromatic heterocycles. The molecule has 0 spiro atoms. The molecule has 0 aliphatic carbocycles. The highest BCUT2D eigenvalue weighted by Gasteiger charge is 2.06. The average molecular weight is 219 g/mol. The molecule has 0 heterocycles. The van der Waals surface area contributed by atoms with Gasteiger partial charge in [-0.2, -0.15) is 0 Å². The third kappa shape index (κ3) is 24.6. The zero-order chi connectivity index (χ0) is 12.5. The molecule has 0 saturated carbocycles. The molecular formula is C10H23N2O3+. The number of nitrogens with two attached hydrogens (primary N) is 1. The van der Waals surface area contributed by atoms with Gasteiger partial charge < -0.3 is 15.0 Å². The lowest BCUT2D eigenvalue weighted by Crippen LogP contribution is -2.37. The van der Waals surface area contributed by atoms with Crippen LogP contribution in [-0.4, -0.2) is 50.7 Å². The van der Waals surface area contributed by atoms with Gasteiger partial charge in [-0.3, -0.25) is 9.59 Å². The van der Waals surface area contributed by atoms with Crippen molar-refractivity contribution in [3.05, 3.63) is 0 Å². The van der Waals surface area contributed by atoms with Crippen molar-refractivity contribution >= 4 is 11.9 Å². The molecule has 5 nitrogen and oxygen atoms in total. The highest BCUT2D eigenvalue weighted by Crippen LogP contribution is 1.89. The smallest absolute Gasteiger partial charge is 0.302 e. The number of rotatable bonds is 4. The summed E-state index contributed by atoms with van der Waals surface area (Å²) in [6.45, 7) is 4.52. The molecule has 1 amide bonds. The number of amides is 1. The van der Waals surface area contributed by atoms with Gasteiger partial charge in [0.2, 0.25) is 5.91 Å². The third-order valence-corrected chi connectivity index (χ3v) is 1.42. The minimum Gasteiger partial charge on any atom is -0.460 e. The first-order valence-electron chi connectivity index (χ1n) is 4.91. The van der Waals surface area contributed by atoms with Crippen LogP contribution >= 0.6 is 0 Å². The first-order valence-corrected chi connectivity index (χ1v) is 4.91. The van der Waals surface area contributed by atoms with Crippen LogP contribution in [0, 0.1) is 0 Å². The Morgan fingerprint density at radius 1 is 1.27 bits per heavy atom. The van der Waals surface area contributed by atoms with Crippen LogP contribution in [-0.2, 0) is 14.3 Å². The molecule has 0 aromatic carbocycles. The van der Waals surface area contributed by atoms with Crippen LogP contribution in [0.1, 0.15) is 20.3 Å². The number of carbonyl (C=O) groups is 2. The lowest BCUT2D eigenvalue weighted by atomic mass is 10.5. The fourth-order valence-corrected chi connectivity index (χ4v) is 0.463. The van der Waals surface area contributed by atoms with Crippen molar-refractivity contribution < 1.29 is 18.8 Å². The molecule has 15 heavy (non-hydrogen) atoms. The van der Waals surface area contributed by atoms with E-state index in [1.165, 1.54) is 6.92 Å². The Morgan fingerprint density at radius 2 is 1.67 bits per heavy atom.